The molecule has 0 radical (unpaired) electrons. The van der Waals surface area contributed by atoms with E-state index in [0.29, 0.717) is 23.7 Å². The van der Waals surface area contributed by atoms with E-state index in [9.17, 15) is 0 Å². The number of fused-ring (bicyclic) bond motifs is 1. The van der Waals surface area contributed by atoms with E-state index in [4.69, 9.17) is 10.5 Å². The van der Waals surface area contributed by atoms with E-state index in [1.165, 1.54) is 0 Å². The van der Waals surface area contributed by atoms with E-state index >= 15 is 0 Å². The highest BCUT2D eigenvalue weighted by Crippen LogP contribution is 2.21. The van der Waals surface area contributed by atoms with Crippen molar-refractivity contribution in [3.63, 3.8) is 0 Å². The van der Waals surface area contributed by atoms with Crippen molar-refractivity contribution in [3.05, 3.63) is 6.33 Å². The highest BCUT2D eigenvalue weighted by atomic mass is 32.2. The molecule has 0 aliphatic carbocycles. The maximum absolute atomic E-state index is 5.61. The predicted molar refractivity (Wildman–Crippen MR) is 64.6 cm³/mol. The molecule has 0 spiro atoms. The van der Waals surface area contributed by atoms with Crippen LogP contribution in [0.4, 0.5) is 5.95 Å². The molecule has 0 aromatic carbocycles. The van der Waals surface area contributed by atoms with Gasteiger partial charge in [-0.05, 0) is 6.26 Å². The summed E-state index contributed by atoms with van der Waals surface area (Å²) in [5.74, 6) is 1.56. The summed E-state index contributed by atoms with van der Waals surface area (Å²) in [7, 11) is 1.85. The molecule has 0 fully saturated rings. The first-order valence-electron chi connectivity index (χ1n) is 4.78. The number of rotatable bonds is 4. The average Bonchev–Trinajstić information content (AvgIpc) is 2.61. The van der Waals surface area contributed by atoms with Crippen molar-refractivity contribution in [2.75, 3.05) is 24.3 Å². The van der Waals surface area contributed by atoms with Gasteiger partial charge >= 0.3 is 0 Å². The summed E-state index contributed by atoms with van der Waals surface area (Å²) in [6, 6.07) is 0. The number of nitrogens with two attached hydrogens (primary N) is 1. The number of aromatic nitrogens is 4. The van der Waals surface area contributed by atoms with Crippen LogP contribution in [0.3, 0.4) is 0 Å². The highest BCUT2D eigenvalue weighted by Gasteiger charge is 2.11. The van der Waals surface area contributed by atoms with Gasteiger partial charge < -0.3 is 15.0 Å². The first-order valence-corrected chi connectivity index (χ1v) is 6.18. The maximum atomic E-state index is 5.61. The molecule has 0 unspecified atom stereocenters. The average molecular weight is 239 g/mol. The topological polar surface area (TPSA) is 78.8 Å². The van der Waals surface area contributed by atoms with E-state index < -0.39 is 0 Å². The van der Waals surface area contributed by atoms with E-state index in [0.717, 1.165) is 5.75 Å². The van der Waals surface area contributed by atoms with Gasteiger partial charge in [0.05, 0.1) is 12.9 Å². The fourth-order valence-corrected chi connectivity index (χ4v) is 1.57. The standard InChI is InChI=1S/C9H13N5OS/c1-14-5-11-6-7(14)12-9(10)13-8(6)15-3-4-16-2/h5H,3-4H2,1-2H3,(H2,10,12,13). The third-order valence-electron chi connectivity index (χ3n) is 2.07. The lowest BCUT2D eigenvalue weighted by molar-refractivity contribution is 0.334. The van der Waals surface area contributed by atoms with Crippen LogP contribution in [0, 0.1) is 0 Å². The SMILES string of the molecule is CSCCOc1nc(N)nc2c1ncn2C. The van der Waals surface area contributed by atoms with E-state index in [1.54, 1.807) is 22.7 Å². The molecule has 7 heteroatoms. The summed E-state index contributed by atoms with van der Waals surface area (Å²) in [5.41, 5.74) is 6.95. The minimum absolute atomic E-state index is 0.204. The quantitative estimate of drug-likeness (QED) is 0.791. The number of hydrogen-bond donors (Lipinski definition) is 1. The molecule has 0 amide bonds. The van der Waals surface area contributed by atoms with Crippen molar-refractivity contribution in [2.24, 2.45) is 7.05 Å². The Hall–Kier alpha value is -1.50. The van der Waals surface area contributed by atoms with Crippen molar-refractivity contribution in [1.29, 1.82) is 0 Å². The van der Waals surface area contributed by atoms with Gasteiger partial charge in [-0.2, -0.15) is 21.7 Å². The molecule has 2 rings (SSSR count). The second kappa shape index (κ2) is 4.56. The van der Waals surface area contributed by atoms with Crippen LogP contribution in [0.1, 0.15) is 0 Å². The van der Waals surface area contributed by atoms with Crippen molar-refractivity contribution in [1.82, 2.24) is 19.5 Å². The molecule has 0 saturated heterocycles. The zero-order valence-corrected chi connectivity index (χ0v) is 9.99. The number of hydrogen-bond acceptors (Lipinski definition) is 6. The lowest BCUT2D eigenvalue weighted by Crippen LogP contribution is -2.05. The van der Waals surface area contributed by atoms with Crippen molar-refractivity contribution in [2.45, 2.75) is 0 Å². The zero-order chi connectivity index (χ0) is 11.5. The summed E-state index contributed by atoms with van der Waals surface area (Å²) < 4.78 is 7.31. The molecule has 0 aliphatic rings. The summed E-state index contributed by atoms with van der Waals surface area (Å²) in [6.45, 7) is 0.587. The van der Waals surface area contributed by atoms with Crippen molar-refractivity contribution >= 4 is 28.9 Å². The highest BCUT2D eigenvalue weighted by molar-refractivity contribution is 7.98. The van der Waals surface area contributed by atoms with Crippen LogP contribution in [0.2, 0.25) is 0 Å². The van der Waals surface area contributed by atoms with Crippen LogP contribution in [0.15, 0.2) is 6.33 Å². The van der Waals surface area contributed by atoms with Crippen LogP contribution in [-0.2, 0) is 7.05 Å². The molecule has 2 N–H and O–H groups in total. The molecule has 0 aliphatic heterocycles. The second-order valence-corrected chi connectivity index (χ2v) is 4.24. The molecule has 16 heavy (non-hydrogen) atoms. The third kappa shape index (κ3) is 2.04. The largest absolute Gasteiger partial charge is 0.475 e. The number of nitrogens with zero attached hydrogens (tertiary/aromatic N) is 4. The van der Waals surface area contributed by atoms with Gasteiger partial charge in [-0.15, -0.1) is 0 Å². The Balaban J connectivity index is 2.35. The second-order valence-electron chi connectivity index (χ2n) is 3.26. The van der Waals surface area contributed by atoms with Crippen LogP contribution in [0.5, 0.6) is 5.88 Å². The molecule has 0 saturated carbocycles. The van der Waals surface area contributed by atoms with Gasteiger partial charge in [0.2, 0.25) is 11.8 Å². The first-order chi connectivity index (χ1) is 7.72. The van der Waals surface area contributed by atoms with Gasteiger partial charge in [-0.3, -0.25) is 0 Å². The van der Waals surface area contributed by atoms with E-state index in [-0.39, 0.29) is 5.95 Å². The summed E-state index contributed by atoms with van der Waals surface area (Å²) in [4.78, 5) is 12.3. The molecule has 2 heterocycles. The fourth-order valence-electron chi connectivity index (χ4n) is 1.32. The lowest BCUT2D eigenvalue weighted by atomic mass is 10.5. The first kappa shape index (κ1) is 11.0. The Morgan fingerprint density at radius 3 is 3.06 bits per heavy atom. The number of ether oxygens (including phenoxy) is 1. The third-order valence-corrected chi connectivity index (χ3v) is 2.65. The van der Waals surface area contributed by atoms with Crippen LogP contribution in [-0.4, -0.2) is 38.1 Å². The van der Waals surface area contributed by atoms with E-state index in [2.05, 4.69) is 15.0 Å². The molecule has 86 valence electrons. The van der Waals surface area contributed by atoms with Gasteiger partial charge in [0.1, 0.15) is 0 Å². The van der Waals surface area contributed by atoms with Crippen LogP contribution < -0.4 is 10.5 Å². The van der Waals surface area contributed by atoms with Gasteiger partial charge in [0, 0.05) is 12.8 Å². The van der Waals surface area contributed by atoms with Gasteiger partial charge in [0.25, 0.3) is 0 Å². The smallest absolute Gasteiger partial charge is 0.247 e. The summed E-state index contributed by atoms with van der Waals surface area (Å²) >= 11 is 1.71. The van der Waals surface area contributed by atoms with Crippen molar-refractivity contribution < 1.29 is 4.74 Å². The summed E-state index contributed by atoms with van der Waals surface area (Å²) in [6.07, 6.45) is 3.69. The summed E-state index contributed by atoms with van der Waals surface area (Å²) in [5, 5.41) is 0. The number of nitrogen functional groups attached to an aromatic ring is 1. The molecular formula is C9H13N5OS. The fraction of sp³-hybridized carbons (Fsp3) is 0.444. The van der Waals surface area contributed by atoms with E-state index in [1.807, 2.05) is 13.3 Å². The number of aryl methyl sites for hydroxylation is 1. The number of anilines is 1. The van der Waals surface area contributed by atoms with Crippen molar-refractivity contribution in [3.8, 4) is 5.88 Å². The monoisotopic (exact) mass is 239 g/mol. The molecular weight excluding hydrogens is 226 g/mol. The Morgan fingerprint density at radius 1 is 1.50 bits per heavy atom. The molecule has 2 aromatic heterocycles. The predicted octanol–water partition coefficient (Wildman–Crippen LogP) is 0.687. The Bertz CT molecular complexity index is 498. The molecule has 0 bridgehead atoms. The van der Waals surface area contributed by atoms with Crippen LogP contribution >= 0.6 is 11.8 Å². The van der Waals surface area contributed by atoms with Gasteiger partial charge in [0.15, 0.2) is 11.2 Å². The molecule has 6 nitrogen and oxygen atoms in total. The van der Waals surface area contributed by atoms with Gasteiger partial charge in [-0.1, -0.05) is 0 Å². The zero-order valence-electron chi connectivity index (χ0n) is 9.17. The maximum Gasteiger partial charge on any atom is 0.247 e. The number of imidazole rings is 1. The lowest BCUT2D eigenvalue weighted by Gasteiger charge is -2.05. The minimum atomic E-state index is 0.204. The molecule has 2 aromatic rings. The molecule has 0 atom stereocenters. The minimum Gasteiger partial charge on any atom is -0.475 e. The normalized spacial score (nSPS) is 10.9. The van der Waals surface area contributed by atoms with Crippen LogP contribution in [0.25, 0.3) is 11.2 Å². The Labute approximate surface area is 97.2 Å². The Kier molecular flexibility index (Phi) is 3.14. The number of thioether (sulfide) groups is 1. The van der Waals surface area contributed by atoms with Gasteiger partial charge in [-0.25, -0.2) is 4.98 Å². The Morgan fingerprint density at radius 2 is 2.31 bits per heavy atom.